The van der Waals surface area contributed by atoms with Crippen molar-refractivity contribution in [2.24, 2.45) is 0 Å². The third-order valence-electron chi connectivity index (χ3n) is 2.46. The van der Waals surface area contributed by atoms with E-state index in [0.717, 1.165) is 25.9 Å². The van der Waals surface area contributed by atoms with Crippen LogP contribution in [0.3, 0.4) is 0 Å². The van der Waals surface area contributed by atoms with Crippen molar-refractivity contribution in [3.8, 4) is 0 Å². The molecule has 0 aromatic heterocycles. The minimum absolute atomic E-state index is 0.0958. The predicted octanol–water partition coefficient (Wildman–Crippen LogP) is 1.66. The molecule has 0 saturated carbocycles. The Labute approximate surface area is 73.0 Å². The first-order valence-corrected chi connectivity index (χ1v) is 4.71. The van der Waals surface area contributed by atoms with E-state index < -0.39 is 0 Å². The van der Waals surface area contributed by atoms with Gasteiger partial charge in [-0.2, -0.15) is 0 Å². The number of hydrogen-bond acceptors (Lipinski definition) is 3. The normalized spacial score (nSPS) is 46.5. The van der Waals surface area contributed by atoms with Crippen molar-refractivity contribution in [3.63, 3.8) is 0 Å². The molecule has 2 aliphatic heterocycles. The molecule has 0 radical (unpaired) electrons. The third kappa shape index (κ3) is 1.37. The fraction of sp³-hybridized carbons (Fsp3) is 1.00. The van der Waals surface area contributed by atoms with Crippen molar-refractivity contribution in [1.29, 1.82) is 0 Å². The van der Waals surface area contributed by atoms with Crippen molar-refractivity contribution >= 4 is 0 Å². The lowest BCUT2D eigenvalue weighted by Gasteiger charge is -2.22. The van der Waals surface area contributed by atoms with Crippen molar-refractivity contribution in [2.75, 3.05) is 6.61 Å². The molecular formula is C9H16O3. The van der Waals surface area contributed by atoms with Crippen LogP contribution in [0.25, 0.3) is 0 Å². The fourth-order valence-electron chi connectivity index (χ4n) is 1.93. The second-order valence-corrected chi connectivity index (χ2v) is 3.69. The largest absolute Gasteiger partial charge is 0.350 e. The van der Waals surface area contributed by atoms with E-state index in [1.165, 1.54) is 0 Å². The Balaban J connectivity index is 1.97. The number of hydrogen-bond donors (Lipinski definition) is 0. The van der Waals surface area contributed by atoms with E-state index >= 15 is 0 Å². The van der Waals surface area contributed by atoms with Gasteiger partial charge in [0.25, 0.3) is 0 Å². The molecule has 2 heterocycles. The van der Waals surface area contributed by atoms with Gasteiger partial charge in [-0.3, -0.25) is 0 Å². The van der Waals surface area contributed by atoms with E-state index in [0.29, 0.717) is 0 Å². The predicted molar refractivity (Wildman–Crippen MR) is 43.6 cm³/mol. The first kappa shape index (κ1) is 8.48. The van der Waals surface area contributed by atoms with E-state index in [2.05, 4.69) is 6.92 Å². The molecule has 2 aliphatic rings. The highest BCUT2D eigenvalue weighted by atomic mass is 16.8. The van der Waals surface area contributed by atoms with Gasteiger partial charge in [0, 0.05) is 12.8 Å². The molecule has 12 heavy (non-hydrogen) atoms. The van der Waals surface area contributed by atoms with E-state index in [-0.39, 0.29) is 18.2 Å². The van der Waals surface area contributed by atoms with Crippen molar-refractivity contribution in [3.05, 3.63) is 0 Å². The van der Waals surface area contributed by atoms with Crippen LogP contribution in [0.15, 0.2) is 0 Å². The minimum Gasteiger partial charge on any atom is -0.350 e. The Bertz CT molecular complexity index is 157. The first-order valence-electron chi connectivity index (χ1n) is 4.71. The highest BCUT2D eigenvalue weighted by Crippen LogP contribution is 2.37. The van der Waals surface area contributed by atoms with Crippen LogP contribution in [0.1, 0.15) is 33.1 Å². The fourth-order valence-corrected chi connectivity index (χ4v) is 1.93. The summed E-state index contributed by atoms with van der Waals surface area (Å²) in [6.07, 6.45) is 3.09. The lowest BCUT2D eigenvalue weighted by Crippen LogP contribution is -2.27. The summed E-state index contributed by atoms with van der Waals surface area (Å²) in [5, 5.41) is 0. The maximum atomic E-state index is 5.77. The SMILES string of the molecule is CCCC1(C)OC2CCOC2O1. The van der Waals surface area contributed by atoms with E-state index in [4.69, 9.17) is 14.2 Å². The molecule has 3 nitrogen and oxygen atoms in total. The maximum absolute atomic E-state index is 5.77. The summed E-state index contributed by atoms with van der Waals surface area (Å²) in [4.78, 5) is 0. The molecule has 2 fully saturated rings. The molecule has 0 bridgehead atoms. The summed E-state index contributed by atoms with van der Waals surface area (Å²) in [5.74, 6) is -0.384. The molecule has 0 aromatic rings. The van der Waals surface area contributed by atoms with Gasteiger partial charge in [0.1, 0.15) is 6.10 Å². The third-order valence-corrected chi connectivity index (χ3v) is 2.46. The van der Waals surface area contributed by atoms with E-state index in [9.17, 15) is 0 Å². The topological polar surface area (TPSA) is 27.7 Å². The average molecular weight is 172 g/mol. The van der Waals surface area contributed by atoms with Gasteiger partial charge < -0.3 is 14.2 Å². The maximum Gasteiger partial charge on any atom is 0.187 e. The second-order valence-electron chi connectivity index (χ2n) is 3.69. The summed E-state index contributed by atoms with van der Waals surface area (Å²) in [7, 11) is 0. The van der Waals surface area contributed by atoms with Crippen molar-refractivity contribution in [1.82, 2.24) is 0 Å². The molecule has 3 unspecified atom stereocenters. The smallest absolute Gasteiger partial charge is 0.187 e. The summed E-state index contributed by atoms with van der Waals surface area (Å²) >= 11 is 0. The molecule has 2 saturated heterocycles. The molecule has 0 amide bonds. The zero-order chi connectivity index (χ0) is 8.60. The monoisotopic (exact) mass is 172 g/mol. The van der Waals surface area contributed by atoms with Gasteiger partial charge in [-0.15, -0.1) is 0 Å². The zero-order valence-electron chi connectivity index (χ0n) is 7.71. The highest BCUT2D eigenvalue weighted by Gasteiger charge is 2.46. The molecule has 3 atom stereocenters. The lowest BCUT2D eigenvalue weighted by molar-refractivity contribution is -0.207. The van der Waals surface area contributed by atoms with Crippen LogP contribution in [0, 0.1) is 0 Å². The van der Waals surface area contributed by atoms with Gasteiger partial charge in [-0.25, -0.2) is 0 Å². The van der Waals surface area contributed by atoms with Crippen LogP contribution in [-0.2, 0) is 14.2 Å². The molecule has 3 heteroatoms. The molecule has 0 aromatic carbocycles. The zero-order valence-corrected chi connectivity index (χ0v) is 7.71. The van der Waals surface area contributed by atoms with Gasteiger partial charge in [0.05, 0.1) is 6.61 Å². The Morgan fingerprint density at radius 3 is 2.92 bits per heavy atom. The molecule has 2 rings (SSSR count). The van der Waals surface area contributed by atoms with Crippen LogP contribution in [0.5, 0.6) is 0 Å². The standard InChI is InChI=1S/C9H16O3/c1-3-5-9(2)11-7-4-6-10-8(7)12-9/h7-8H,3-6H2,1-2H3. The number of rotatable bonds is 2. The van der Waals surface area contributed by atoms with Crippen LogP contribution < -0.4 is 0 Å². The van der Waals surface area contributed by atoms with Crippen LogP contribution in [-0.4, -0.2) is 24.8 Å². The Morgan fingerprint density at radius 2 is 2.25 bits per heavy atom. The van der Waals surface area contributed by atoms with E-state index in [1.807, 2.05) is 6.92 Å². The van der Waals surface area contributed by atoms with Crippen LogP contribution in [0.2, 0.25) is 0 Å². The molecule has 0 N–H and O–H groups in total. The summed E-state index contributed by atoms with van der Waals surface area (Å²) < 4.78 is 16.8. The van der Waals surface area contributed by atoms with Gasteiger partial charge in [-0.1, -0.05) is 13.3 Å². The molecular weight excluding hydrogens is 156 g/mol. The van der Waals surface area contributed by atoms with Crippen LogP contribution in [0.4, 0.5) is 0 Å². The number of ether oxygens (including phenoxy) is 3. The highest BCUT2D eigenvalue weighted by molar-refractivity contribution is 4.81. The van der Waals surface area contributed by atoms with Crippen molar-refractivity contribution in [2.45, 2.75) is 51.3 Å². The second kappa shape index (κ2) is 2.98. The number of fused-ring (bicyclic) bond motifs is 1. The molecule has 0 aliphatic carbocycles. The minimum atomic E-state index is -0.384. The Morgan fingerprint density at radius 1 is 1.42 bits per heavy atom. The van der Waals surface area contributed by atoms with Crippen molar-refractivity contribution < 1.29 is 14.2 Å². The van der Waals surface area contributed by atoms with Gasteiger partial charge in [-0.05, 0) is 6.92 Å². The molecule has 70 valence electrons. The van der Waals surface area contributed by atoms with Gasteiger partial charge in [0.2, 0.25) is 0 Å². The Hall–Kier alpha value is -0.120. The Kier molecular flexibility index (Phi) is 2.10. The van der Waals surface area contributed by atoms with Gasteiger partial charge >= 0.3 is 0 Å². The summed E-state index contributed by atoms with van der Waals surface area (Å²) in [6, 6.07) is 0. The summed E-state index contributed by atoms with van der Waals surface area (Å²) in [5.41, 5.74) is 0. The first-order chi connectivity index (χ1) is 5.73. The molecule has 0 spiro atoms. The average Bonchev–Trinajstić information content (AvgIpc) is 2.45. The lowest BCUT2D eigenvalue weighted by atomic mass is 10.2. The van der Waals surface area contributed by atoms with Crippen LogP contribution >= 0.6 is 0 Å². The quantitative estimate of drug-likeness (QED) is 0.634. The summed E-state index contributed by atoms with van der Waals surface area (Å²) in [6.45, 7) is 4.91. The van der Waals surface area contributed by atoms with E-state index in [1.54, 1.807) is 0 Å². The van der Waals surface area contributed by atoms with Gasteiger partial charge in [0.15, 0.2) is 12.1 Å².